The number of urea groups is 1. The van der Waals surface area contributed by atoms with E-state index in [0.717, 1.165) is 31.2 Å². The first-order valence-corrected chi connectivity index (χ1v) is 7.57. The Balaban J connectivity index is 1.80. The van der Waals surface area contributed by atoms with Crippen LogP contribution >= 0.6 is 0 Å². The molecule has 2 amide bonds. The molecule has 0 aromatic heterocycles. The SMILES string of the molecule is O=C(NCc1ccc(C(=O)O)cc1)NC(CO)C1CCCC1. The number of carboxylic acid groups (broad SMARTS) is 1. The van der Waals surface area contributed by atoms with Crippen LogP contribution in [0.25, 0.3) is 0 Å². The number of nitrogens with one attached hydrogen (secondary N) is 2. The number of carbonyl (C=O) groups is 2. The number of aliphatic hydroxyl groups is 1. The lowest BCUT2D eigenvalue weighted by Gasteiger charge is -2.22. The highest BCUT2D eigenvalue weighted by molar-refractivity contribution is 5.87. The quantitative estimate of drug-likeness (QED) is 0.643. The van der Waals surface area contributed by atoms with Crippen molar-refractivity contribution in [1.82, 2.24) is 10.6 Å². The summed E-state index contributed by atoms with van der Waals surface area (Å²) in [6.45, 7) is 0.264. The maximum absolute atomic E-state index is 11.9. The summed E-state index contributed by atoms with van der Waals surface area (Å²) in [7, 11) is 0. The molecule has 1 fully saturated rings. The molecule has 2 rings (SSSR count). The third-order valence-corrected chi connectivity index (χ3v) is 4.14. The van der Waals surface area contributed by atoms with Gasteiger partial charge in [-0.2, -0.15) is 0 Å². The number of aliphatic hydroxyl groups excluding tert-OH is 1. The largest absolute Gasteiger partial charge is 0.478 e. The molecule has 6 nitrogen and oxygen atoms in total. The lowest BCUT2D eigenvalue weighted by molar-refractivity contribution is 0.0697. The molecule has 1 aliphatic carbocycles. The van der Waals surface area contributed by atoms with Crippen molar-refractivity contribution in [2.24, 2.45) is 5.92 Å². The second-order valence-electron chi connectivity index (χ2n) is 5.66. The summed E-state index contributed by atoms with van der Waals surface area (Å²) in [6, 6.07) is 5.85. The minimum Gasteiger partial charge on any atom is -0.478 e. The van der Waals surface area contributed by atoms with E-state index < -0.39 is 5.97 Å². The highest BCUT2D eigenvalue weighted by Gasteiger charge is 2.25. The maximum Gasteiger partial charge on any atom is 0.335 e. The minimum atomic E-state index is -0.973. The molecule has 6 heteroatoms. The summed E-state index contributed by atoms with van der Waals surface area (Å²) in [4.78, 5) is 22.6. The Labute approximate surface area is 129 Å². The number of hydrogen-bond donors (Lipinski definition) is 4. The number of carboxylic acids is 1. The van der Waals surface area contributed by atoms with Gasteiger partial charge < -0.3 is 20.8 Å². The van der Waals surface area contributed by atoms with Gasteiger partial charge in [0.25, 0.3) is 0 Å². The fourth-order valence-corrected chi connectivity index (χ4v) is 2.84. The van der Waals surface area contributed by atoms with E-state index in [9.17, 15) is 14.7 Å². The first kappa shape index (κ1) is 16.3. The molecular weight excluding hydrogens is 284 g/mol. The molecule has 1 atom stereocenters. The summed E-state index contributed by atoms with van der Waals surface area (Å²) in [6.07, 6.45) is 4.39. The Bertz CT molecular complexity index is 509. The summed E-state index contributed by atoms with van der Waals surface area (Å²) < 4.78 is 0. The lowest BCUT2D eigenvalue weighted by atomic mass is 9.99. The lowest BCUT2D eigenvalue weighted by Crippen LogP contribution is -2.46. The van der Waals surface area contributed by atoms with Crippen LogP contribution in [0.1, 0.15) is 41.6 Å². The van der Waals surface area contributed by atoms with Crippen molar-refractivity contribution < 1.29 is 19.8 Å². The van der Waals surface area contributed by atoms with Gasteiger partial charge in [0.1, 0.15) is 0 Å². The molecule has 0 saturated heterocycles. The monoisotopic (exact) mass is 306 g/mol. The van der Waals surface area contributed by atoms with Gasteiger partial charge in [0.15, 0.2) is 0 Å². The standard InChI is InChI=1S/C16H22N2O4/c19-10-14(12-3-1-2-4-12)18-16(22)17-9-11-5-7-13(8-6-11)15(20)21/h5-8,12,14,19H,1-4,9-10H2,(H,20,21)(H2,17,18,22). The zero-order chi connectivity index (χ0) is 15.9. The van der Waals surface area contributed by atoms with E-state index in [1.165, 1.54) is 12.1 Å². The Morgan fingerprint density at radius 3 is 2.36 bits per heavy atom. The van der Waals surface area contributed by atoms with Crippen molar-refractivity contribution in [3.63, 3.8) is 0 Å². The van der Waals surface area contributed by atoms with Crippen LogP contribution in [0, 0.1) is 5.92 Å². The van der Waals surface area contributed by atoms with Crippen LogP contribution in [0.4, 0.5) is 4.79 Å². The minimum absolute atomic E-state index is 0.0502. The molecule has 120 valence electrons. The molecule has 0 heterocycles. The Morgan fingerprint density at radius 2 is 1.82 bits per heavy atom. The van der Waals surface area contributed by atoms with E-state index in [-0.39, 0.29) is 24.2 Å². The fraction of sp³-hybridized carbons (Fsp3) is 0.500. The topological polar surface area (TPSA) is 98.7 Å². The molecular formula is C16H22N2O4. The van der Waals surface area contributed by atoms with Crippen molar-refractivity contribution >= 4 is 12.0 Å². The molecule has 1 aromatic rings. The molecule has 1 saturated carbocycles. The molecule has 1 aromatic carbocycles. The Hall–Kier alpha value is -2.08. The first-order valence-electron chi connectivity index (χ1n) is 7.57. The number of hydrogen-bond acceptors (Lipinski definition) is 3. The molecule has 1 unspecified atom stereocenters. The van der Waals surface area contributed by atoms with Crippen LogP contribution in [0.5, 0.6) is 0 Å². The second kappa shape index (κ2) is 7.79. The zero-order valence-electron chi connectivity index (χ0n) is 12.4. The number of benzene rings is 1. The number of carbonyl (C=O) groups excluding carboxylic acids is 1. The molecule has 0 radical (unpaired) electrons. The van der Waals surface area contributed by atoms with Gasteiger partial charge in [-0.05, 0) is 36.5 Å². The van der Waals surface area contributed by atoms with Gasteiger partial charge in [0, 0.05) is 6.54 Å². The van der Waals surface area contributed by atoms with E-state index in [1.54, 1.807) is 12.1 Å². The van der Waals surface area contributed by atoms with Crippen molar-refractivity contribution in [1.29, 1.82) is 0 Å². The van der Waals surface area contributed by atoms with E-state index >= 15 is 0 Å². The van der Waals surface area contributed by atoms with E-state index in [4.69, 9.17) is 5.11 Å². The Morgan fingerprint density at radius 1 is 1.18 bits per heavy atom. The van der Waals surface area contributed by atoms with E-state index in [0.29, 0.717) is 12.5 Å². The highest BCUT2D eigenvalue weighted by atomic mass is 16.4. The van der Waals surface area contributed by atoms with Crippen molar-refractivity contribution in [3.05, 3.63) is 35.4 Å². The Kier molecular flexibility index (Phi) is 5.77. The number of amides is 2. The first-order chi connectivity index (χ1) is 10.6. The van der Waals surface area contributed by atoms with Crippen molar-refractivity contribution in [2.45, 2.75) is 38.3 Å². The average Bonchev–Trinajstić information content (AvgIpc) is 3.05. The predicted molar refractivity (Wildman–Crippen MR) is 81.6 cm³/mol. The van der Waals surface area contributed by atoms with Gasteiger partial charge >= 0.3 is 12.0 Å². The molecule has 22 heavy (non-hydrogen) atoms. The average molecular weight is 306 g/mol. The summed E-state index contributed by atoms with van der Waals surface area (Å²) in [5.41, 5.74) is 1.04. The summed E-state index contributed by atoms with van der Waals surface area (Å²) in [5.74, 6) is -0.620. The van der Waals surface area contributed by atoms with Gasteiger partial charge in [-0.3, -0.25) is 0 Å². The van der Waals surface area contributed by atoms with Crippen LogP contribution in [0.15, 0.2) is 24.3 Å². The van der Waals surface area contributed by atoms with Gasteiger partial charge in [0.05, 0.1) is 18.2 Å². The van der Waals surface area contributed by atoms with Gasteiger partial charge in [-0.15, -0.1) is 0 Å². The third kappa shape index (κ3) is 4.46. The second-order valence-corrected chi connectivity index (χ2v) is 5.66. The highest BCUT2D eigenvalue weighted by Crippen LogP contribution is 2.27. The van der Waals surface area contributed by atoms with Gasteiger partial charge in [0.2, 0.25) is 0 Å². The molecule has 0 spiro atoms. The molecule has 1 aliphatic rings. The predicted octanol–water partition coefficient (Wildman–Crippen LogP) is 1.74. The number of rotatable bonds is 6. The van der Waals surface area contributed by atoms with Gasteiger partial charge in [-0.25, -0.2) is 9.59 Å². The van der Waals surface area contributed by atoms with Crippen LogP contribution in [0.2, 0.25) is 0 Å². The normalized spacial score (nSPS) is 16.2. The maximum atomic E-state index is 11.9. The van der Waals surface area contributed by atoms with Crippen LogP contribution < -0.4 is 10.6 Å². The van der Waals surface area contributed by atoms with Gasteiger partial charge in [-0.1, -0.05) is 25.0 Å². The summed E-state index contributed by atoms with van der Waals surface area (Å²) in [5, 5.41) is 23.8. The van der Waals surface area contributed by atoms with Crippen LogP contribution in [-0.4, -0.2) is 34.9 Å². The smallest absolute Gasteiger partial charge is 0.335 e. The van der Waals surface area contributed by atoms with E-state index in [1.807, 2.05) is 0 Å². The number of aromatic carboxylic acids is 1. The molecule has 0 bridgehead atoms. The zero-order valence-corrected chi connectivity index (χ0v) is 12.4. The summed E-state index contributed by atoms with van der Waals surface area (Å²) >= 11 is 0. The van der Waals surface area contributed by atoms with Crippen LogP contribution in [0.3, 0.4) is 0 Å². The molecule has 0 aliphatic heterocycles. The van der Waals surface area contributed by atoms with E-state index in [2.05, 4.69) is 10.6 Å². The fourth-order valence-electron chi connectivity index (χ4n) is 2.84. The van der Waals surface area contributed by atoms with Crippen molar-refractivity contribution in [3.8, 4) is 0 Å². The third-order valence-electron chi connectivity index (χ3n) is 4.14. The molecule has 4 N–H and O–H groups in total. The van der Waals surface area contributed by atoms with Crippen LogP contribution in [-0.2, 0) is 6.54 Å². The van der Waals surface area contributed by atoms with Crippen molar-refractivity contribution in [2.75, 3.05) is 6.61 Å².